The van der Waals surface area contributed by atoms with E-state index in [0.29, 0.717) is 24.5 Å². The van der Waals surface area contributed by atoms with Crippen molar-refractivity contribution in [2.24, 2.45) is 0 Å². The Labute approximate surface area is 152 Å². The number of methoxy groups -OCH3 is 1. The number of hydrogen-bond acceptors (Lipinski definition) is 6. The highest BCUT2D eigenvalue weighted by atomic mass is 16.5. The second-order valence-electron chi connectivity index (χ2n) is 6.33. The third kappa shape index (κ3) is 3.74. The highest BCUT2D eigenvalue weighted by molar-refractivity contribution is 5.41. The van der Waals surface area contributed by atoms with Crippen LogP contribution in [0, 0.1) is 0 Å². The van der Waals surface area contributed by atoms with Crippen LogP contribution in [0.1, 0.15) is 16.7 Å². The maximum Gasteiger partial charge on any atom is 0.322 e. The van der Waals surface area contributed by atoms with Crippen molar-refractivity contribution in [2.75, 3.05) is 17.7 Å². The Morgan fingerprint density at radius 3 is 2.23 bits per heavy atom. The van der Waals surface area contributed by atoms with Crippen molar-refractivity contribution in [2.45, 2.75) is 25.4 Å². The average Bonchev–Trinajstić information content (AvgIpc) is 3.09. The third-order valence-electron chi connectivity index (χ3n) is 4.48. The Balaban J connectivity index is 1.46. The molecule has 0 atom stereocenters. The van der Waals surface area contributed by atoms with E-state index in [1.165, 1.54) is 11.1 Å². The number of hydrogen-bond donors (Lipinski definition) is 2. The summed E-state index contributed by atoms with van der Waals surface area (Å²) in [5.41, 5.74) is 3.93. The fourth-order valence-corrected chi connectivity index (χ4v) is 3.21. The van der Waals surface area contributed by atoms with Crippen LogP contribution in [0.3, 0.4) is 0 Å². The summed E-state index contributed by atoms with van der Waals surface area (Å²) in [5, 5.41) is 6.65. The lowest BCUT2D eigenvalue weighted by Crippen LogP contribution is -2.22. The van der Waals surface area contributed by atoms with Crippen LogP contribution in [0.4, 0.5) is 11.9 Å². The molecule has 0 amide bonds. The molecule has 0 fully saturated rings. The molecule has 1 aromatic heterocycles. The van der Waals surface area contributed by atoms with Crippen LogP contribution in [0.15, 0.2) is 54.6 Å². The summed E-state index contributed by atoms with van der Waals surface area (Å²) in [6.45, 7) is 0.641. The summed E-state index contributed by atoms with van der Waals surface area (Å²) < 4.78 is 5.23. The van der Waals surface area contributed by atoms with Crippen LogP contribution in [0.2, 0.25) is 0 Å². The Hall–Kier alpha value is -3.15. The zero-order valence-electron chi connectivity index (χ0n) is 14.6. The van der Waals surface area contributed by atoms with Crippen LogP contribution in [0.5, 0.6) is 6.01 Å². The molecule has 3 aromatic rings. The first-order valence-electron chi connectivity index (χ1n) is 8.71. The minimum absolute atomic E-state index is 0.279. The van der Waals surface area contributed by atoms with Gasteiger partial charge >= 0.3 is 6.01 Å². The monoisotopic (exact) mass is 347 g/mol. The SMILES string of the molecule is COc1nc(NCc2ccccc2)nc(NC2Cc3ccccc3C2)n1. The summed E-state index contributed by atoms with van der Waals surface area (Å²) in [4.78, 5) is 13.1. The Morgan fingerprint density at radius 2 is 1.54 bits per heavy atom. The van der Waals surface area contributed by atoms with Crippen molar-refractivity contribution in [3.8, 4) is 6.01 Å². The van der Waals surface area contributed by atoms with Gasteiger partial charge in [0.05, 0.1) is 7.11 Å². The van der Waals surface area contributed by atoms with Crippen LogP contribution in [0.25, 0.3) is 0 Å². The molecule has 26 heavy (non-hydrogen) atoms. The van der Waals surface area contributed by atoms with Gasteiger partial charge in [-0.3, -0.25) is 0 Å². The maximum absolute atomic E-state index is 5.23. The number of aromatic nitrogens is 3. The van der Waals surface area contributed by atoms with Crippen molar-refractivity contribution in [3.63, 3.8) is 0 Å². The molecular formula is C20H21N5O. The molecule has 0 aliphatic heterocycles. The highest BCUT2D eigenvalue weighted by Gasteiger charge is 2.22. The van der Waals surface area contributed by atoms with Gasteiger partial charge in [-0.1, -0.05) is 54.6 Å². The molecule has 0 saturated heterocycles. The number of nitrogens with zero attached hydrogens (tertiary/aromatic N) is 3. The quantitative estimate of drug-likeness (QED) is 0.714. The molecule has 0 unspecified atom stereocenters. The van der Waals surface area contributed by atoms with E-state index in [1.807, 2.05) is 18.2 Å². The average molecular weight is 347 g/mol. The first kappa shape index (κ1) is 16.3. The molecule has 0 saturated carbocycles. The van der Waals surface area contributed by atoms with E-state index in [2.05, 4.69) is 62.0 Å². The number of nitrogens with one attached hydrogen (secondary N) is 2. The minimum atomic E-state index is 0.279. The molecule has 132 valence electrons. The molecule has 2 N–H and O–H groups in total. The van der Waals surface area contributed by atoms with Gasteiger partial charge in [-0.15, -0.1) is 0 Å². The number of fused-ring (bicyclic) bond motifs is 1. The molecule has 6 heteroatoms. The van der Waals surface area contributed by atoms with Gasteiger partial charge in [-0.05, 0) is 29.5 Å². The topological polar surface area (TPSA) is 72.0 Å². The van der Waals surface area contributed by atoms with Gasteiger partial charge in [0.15, 0.2) is 0 Å². The number of benzene rings is 2. The lowest BCUT2D eigenvalue weighted by molar-refractivity contribution is 0.379. The molecule has 6 nitrogen and oxygen atoms in total. The van der Waals surface area contributed by atoms with Crippen molar-refractivity contribution in [1.82, 2.24) is 15.0 Å². The Morgan fingerprint density at radius 1 is 0.885 bits per heavy atom. The summed E-state index contributed by atoms with van der Waals surface area (Å²) in [7, 11) is 1.56. The van der Waals surface area contributed by atoms with Crippen molar-refractivity contribution < 1.29 is 4.74 Å². The van der Waals surface area contributed by atoms with Gasteiger partial charge in [0.2, 0.25) is 11.9 Å². The normalized spacial score (nSPS) is 13.3. The number of rotatable bonds is 6. The van der Waals surface area contributed by atoms with E-state index in [1.54, 1.807) is 7.11 Å². The van der Waals surface area contributed by atoms with Crippen molar-refractivity contribution in [1.29, 1.82) is 0 Å². The molecule has 0 spiro atoms. The largest absolute Gasteiger partial charge is 0.467 e. The summed E-state index contributed by atoms with van der Waals surface area (Å²) in [6.07, 6.45) is 1.94. The van der Waals surface area contributed by atoms with Crippen LogP contribution >= 0.6 is 0 Å². The minimum Gasteiger partial charge on any atom is -0.467 e. The maximum atomic E-state index is 5.23. The van der Waals surface area contributed by atoms with Crippen LogP contribution < -0.4 is 15.4 Å². The second kappa shape index (κ2) is 7.39. The molecule has 1 heterocycles. The van der Waals surface area contributed by atoms with Gasteiger partial charge in [-0.2, -0.15) is 15.0 Å². The van der Waals surface area contributed by atoms with E-state index in [4.69, 9.17) is 4.74 Å². The molecule has 0 radical (unpaired) electrons. The summed E-state index contributed by atoms with van der Waals surface area (Å²) >= 11 is 0. The second-order valence-corrected chi connectivity index (χ2v) is 6.33. The van der Waals surface area contributed by atoms with Gasteiger partial charge in [0.1, 0.15) is 0 Å². The zero-order valence-corrected chi connectivity index (χ0v) is 14.6. The molecule has 2 aromatic carbocycles. The van der Waals surface area contributed by atoms with E-state index < -0.39 is 0 Å². The van der Waals surface area contributed by atoms with Crippen LogP contribution in [-0.4, -0.2) is 28.1 Å². The molecular weight excluding hydrogens is 326 g/mol. The molecule has 0 bridgehead atoms. The van der Waals surface area contributed by atoms with Crippen molar-refractivity contribution in [3.05, 3.63) is 71.3 Å². The van der Waals surface area contributed by atoms with Gasteiger partial charge < -0.3 is 15.4 Å². The first-order chi connectivity index (χ1) is 12.8. The van der Waals surface area contributed by atoms with Gasteiger partial charge in [-0.25, -0.2) is 0 Å². The van der Waals surface area contributed by atoms with E-state index in [9.17, 15) is 0 Å². The lowest BCUT2D eigenvalue weighted by atomic mass is 10.1. The van der Waals surface area contributed by atoms with Gasteiger partial charge in [0.25, 0.3) is 0 Å². The lowest BCUT2D eigenvalue weighted by Gasteiger charge is -2.13. The van der Waals surface area contributed by atoms with Crippen molar-refractivity contribution >= 4 is 11.9 Å². The van der Waals surface area contributed by atoms with Crippen LogP contribution in [-0.2, 0) is 19.4 Å². The third-order valence-corrected chi connectivity index (χ3v) is 4.48. The molecule has 4 rings (SSSR count). The predicted molar refractivity (Wildman–Crippen MR) is 101 cm³/mol. The summed E-state index contributed by atoms with van der Waals surface area (Å²) in [6, 6.07) is 19.2. The summed E-state index contributed by atoms with van der Waals surface area (Å²) in [5.74, 6) is 1.03. The smallest absolute Gasteiger partial charge is 0.322 e. The standard InChI is InChI=1S/C20H21N5O/c1-26-20-24-18(21-13-14-7-3-2-4-8-14)23-19(25-20)22-17-11-15-9-5-6-10-16(15)12-17/h2-10,17H,11-13H2,1H3,(H2,21,22,23,24,25). The zero-order chi connectivity index (χ0) is 17.8. The molecule has 1 aliphatic rings. The fraction of sp³-hybridized carbons (Fsp3) is 0.250. The predicted octanol–water partition coefficient (Wildman–Crippen LogP) is 3.07. The Bertz CT molecular complexity index is 859. The fourth-order valence-electron chi connectivity index (χ4n) is 3.21. The van der Waals surface area contributed by atoms with Gasteiger partial charge in [0, 0.05) is 12.6 Å². The van der Waals surface area contributed by atoms with E-state index >= 15 is 0 Å². The highest BCUT2D eigenvalue weighted by Crippen LogP contribution is 2.24. The Kier molecular flexibility index (Phi) is 4.64. The van der Waals surface area contributed by atoms with E-state index in [-0.39, 0.29) is 6.04 Å². The number of ether oxygens (including phenoxy) is 1. The molecule has 1 aliphatic carbocycles. The number of anilines is 2. The first-order valence-corrected chi connectivity index (χ1v) is 8.71. The van der Waals surface area contributed by atoms with E-state index in [0.717, 1.165) is 18.4 Å².